The number of hydrogen-bond donors (Lipinski definition) is 3. The van der Waals surface area contributed by atoms with E-state index in [9.17, 15) is 14.7 Å². The summed E-state index contributed by atoms with van der Waals surface area (Å²) in [6.45, 7) is 3.69. The van der Waals surface area contributed by atoms with E-state index in [0.717, 1.165) is 25.7 Å². The summed E-state index contributed by atoms with van der Waals surface area (Å²) >= 11 is 5.96. The second-order valence-electron chi connectivity index (χ2n) is 8.90. The lowest BCUT2D eigenvalue weighted by atomic mass is 9.82. The number of aromatic nitrogens is 2. The van der Waals surface area contributed by atoms with Crippen LogP contribution in [0.5, 0.6) is 0 Å². The van der Waals surface area contributed by atoms with Crippen LogP contribution in [0.4, 0.5) is 0 Å². The van der Waals surface area contributed by atoms with Gasteiger partial charge in [-0.2, -0.15) is 0 Å². The van der Waals surface area contributed by atoms with Crippen LogP contribution in [0, 0.1) is 11.8 Å². The average molecular weight is 473 g/mol. The van der Waals surface area contributed by atoms with E-state index in [1.165, 1.54) is 12.6 Å². The van der Waals surface area contributed by atoms with E-state index in [1.807, 2.05) is 18.2 Å². The number of nitrogens with zero attached hydrogens (tertiary/aromatic N) is 2. The Bertz CT molecular complexity index is 977. The Balaban J connectivity index is 1.77. The summed E-state index contributed by atoms with van der Waals surface area (Å²) in [4.78, 5) is 34.1. The number of carbonyl (C=O) groups excluding carboxylic acids is 2. The molecule has 1 fully saturated rings. The van der Waals surface area contributed by atoms with Crippen LogP contribution in [0.3, 0.4) is 0 Å². The zero-order valence-corrected chi connectivity index (χ0v) is 19.9. The van der Waals surface area contributed by atoms with E-state index >= 15 is 0 Å². The van der Waals surface area contributed by atoms with Gasteiger partial charge in [-0.25, -0.2) is 4.98 Å². The van der Waals surface area contributed by atoms with Crippen molar-refractivity contribution < 1.29 is 14.7 Å². The Hall–Kier alpha value is -2.51. The summed E-state index contributed by atoms with van der Waals surface area (Å²) in [5.74, 6) is -0.700. The maximum absolute atomic E-state index is 13.1. The minimum Gasteiger partial charge on any atom is -0.391 e. The molecule has 1 aliphatic carbocycles. The predicted octanol–water partition coefficient (Wildman–Crippen LogP) is 3.95. The van der Waals surface area contributed by atoms with Crippen LogP contribution in [0.25, 0.3) is 11.0 Å². The monoisotopic (exact) mass is 472 g/mol. The van der Waals surface area contributed by atoms with Gasteiger partial charge in [-0.1, -0.05) is 62.4 Å². The van der Waals surface area contributed by atoms with E-state index in [0.29, 0.717) is 28.4 Å². The molecule has 0 bridgehead atoms. The van der Waals surface area contributed by atoms with E-state index in [4.69, 9.17) is 11.6 Å². The van der Waals surface area contributed by atoms with Gasteiger partial charge in [0, 0.05) is 18.0 Å². The van der Waals surface area contributed by atoms with Crippen LogP contribution in [0.15, 0.2) is 42.1 Å². The first-order chi connectivity index (χ1) is 15.9. The summed E-state index contributed by atoms with van der Waals surface area (Å²) in [5.41, 5.74) is 1.55. The summed E-state index contributed by atoms with van der Waals surface area (Å²) in [7, 11) is 1.55. The minimum atomic E-state index is -0.914. The molecule has 1 aromatic carbocycles. The zero-order chi connectivity index (χ0) is 23.8. The molecular formula is C25H33ClN4O3. The molecule has 2 amide bonds. The molecule has 1 heterocycles. The molecule has 1 aromatic heterocycles. The fourth-order valence-corrected chi connectivity index (χ4v) is 4.80. The fourth-order valence-electron chi connectivity index (χ4n) is 4.61. The average Bonchev–Trinajstić information content (AvgIpc) is 2.82. The third-order valence-electron chi connectivity index (χ3n) is 6.39. The number of para-hydroxylation sites is 2. The minimum absolute atomic E-state index is 0.173. The maximum atomic E-state index is 13.1. The van der Waals surface area contributed by atoms with Gasteiger partial charge < -0.3 is 15.7 Å². The highest BCUT2D eigenvalue weighted by Gasteiger charge is 2.31. The van der Waals surface area contributed by atoms with Crippen LogP contribution >= 0.6 is 11.6 Å². The molecule has 33 heavy (non-hydrogen) atoms. The van der Waals surface area contributed by atoms with Gasteiger partial charge in [0.1, 0.15) is 5.69 Å². The lowest BCUT2D eigenvalue weighted by Gasteiger charge is -2.31. The number of aliphatic hydroxyl groups is 1. The molecule has 178 valence electrons. The van der Waals surface area contributed by atoms with Gasteiger partial charge in [-0.3, -0.25) is 14.6 Å². The Morgan fingerprint density at radius 2 is 1.91 bits per heavy atom. The van der Waals surface area contributed by atoms with Crippen LogP contribution in [-0.4, -0.2) is 46.1 Å². The lowest BCUT2D eigenvalue weighted by molar-refractivity contribution is -0.125. The number of halogens is 1. The molecule has 1 saturated carbocycles. The number of aliphatic hydroxyl groups excluding tert-OH is 1. The molecule has 0 aliphatic heterocycles. The second-order valence-corrected chi connectivity index (χ2v) is 9.43. The maximum Gasteiger partial charge on any atom is 0.271 e. The highest BCUT2D eigenvalue weighted by molar-refractivity contribution is 6.29. The number of carbonyl (C=O) groups is 2. The molecule has 2 aromatic rings. The number of benzene rings is 1. The van der Waals surface area contributed by atoms with Gasteiger partial charge in [-0.05, 0) is 37.3 Å². The molecule has 0 saturated heterocycles. The smallest absolute Gasteiger partial charge is 0.271 e. The summed E-state index contributed by atoms with van der Waals surface area (Å²) in [5, 5.41) is 17.1. The number of rotatable bonds is 10. The third-order valence-corrected chi connectivity index (χ3v) is 6.54. The van der Waals surface area contributed by atoms with Crippen LogP contribution in [0.1, 0.15) is 61.9 Å². The van der Waals surface area contributed by atoms with Gasteiger partial charge in [0.05, 0.1) is 29.4 Å². The van der Waals surface area contributed by atoms with Crippen molar-refractivity contribution in [3.63, 3.8) is 0 Å². The van der Waals surface area contributed by atoms with Crippen molar-refractivity contribution in [2.75, 3.05) is 7.05 Å². The molecule has 7 nitrogen and oxygen atoms in total. The van der Waals surface area contributed by atoms with Gasteiger partial charge in [-0.15, -0.1) is 0 Å². The van der Waals surface area contributed by atoms with Crippen molar-refractivity contribution in [2.45, 2.75) is 63.5 Å². The highest BCUT2D eigenvalue weighted by Crippen LogP contribution is 2.29. The van der Waals surface area contributed by atoms with Gasteiger partial charge in [0.2, 0.25) is 5.91 Å². The number of allylic oxidation sites excluding steroid dienone is 1. The van der Waals surface area contributed by atoms with Crippen LogP contribution in [-0.2, 0) is 4.79 Å². The first-order valence-corrected chi connectivity index (χ1v) is 12.0. The van der Waals surface area contributed by atoms with E-state index in [2.05, 4.69) is 27.2 Å². The first kappa shape index (κ1) is 25.1. The molecule has 0 unspecified atom stereocenters. The fraction of sp³-hybridized carbons (Fsp3) is 0.520. The zero-order valence-electron chi connectivity index (χ0n) is 19.1. The van der Waals surface area contributed by atoms with E-state index in [-0.39, 0.29) is 30.3 Å². The quantitative estimate of drug-likeness (QED) is 0.485. The lowest BCUT2D eigenvalue weighted by Crippen LogP contribution is -2.46. The number of amides is 2. The Kier molecular flexibility index (Phi) is 9.21. The van der Waals surface area contributed by atoms with Crippen molar-refractivity contribution in [1.29, 1.82) is 0 Å². The summed E-state index contributed by atoms with van der Waals surface area (Å²) < 4.78 is 0. The van der Waals surface area contributed by atoms with Crippen molar-refractivity contribution in [3.05, 3.63) is 47.8 Å². The number of hydrogen-bond acceptors (Lipinski definition) is 5. The van der Waals surface area contributed by atoms with Gasteiger partial charge in [0.15, 0.2) is 0 Å². The van der Waals surface area contributed by atoms with Crippen molar-refractivity contribution in [3.8, 4) is 0 Å². The van der Waals surface area contributed by atoms with Gasteiger partial charge in [0.25, 0.3) is 5.91 Å². The Morgan fingerprint density at radius 1 is 1.21 bits per heavy atom. The first-order valence-electron chi connectivity index (χ1n) is 11.6. The molecule has 3 rings (SSSR count). The molecule has 3 atom stereocenters. The topological polar surface area (TPSA) is 104 Å². The van der Waals surface area contributed by atoms with Crippen LogP contribution < -0.4 is 10.6 Å². The Morgan fingerprint density at radius 3 is 2.58 bits per heavy atom. The second kappa shape index (κ2) is 12.1. The normalized spacial score (nSPS) is 17.2. The largest absolute Gasteiger partial charge is 0.391 e. The SMILES string of the molecule is C=C(Cl)C[C@H](C[C@H](O)[C@H](CC1CCCCC1)NC(=O)c1cnc2ccccc2n1)C(=O)NC. The molecule has 3 N–H and O–H groups in total. The van der Waals surface area contributed by atoms with E-state index in [1.54, 1.807) is 13.1 Å². The Labute approximate surface area is 200 Å². The van der Waals surface area contributed by atoms with Crippen molar-refractivity contribution >= 4 is 34.4 Å². The highest BCUT2D eigenvalue weighted by atomic mass is 35.5. The predicted molar refractivity (Wildman–Crippen MR) is 130 cm³/mol. The standard InChI is InChI=1S/C25H33ClN4O3/c1-16(26)12-18(24(32)27-2)14-23(31)21(13-17-8-4-3-5-9-17)30-25(33)22-15-28-19-10-6-7-11-20(19)29-22/h6-7,10-11,15,17-18,21,23,31H,1,3-5,8-9,12-14H2,2H3,(H,27,32)(H,30,33)/t18-,21+,23+/m1/s1. The van der Waals surface area contributed by atoms with Crippen molar-refractivity contribution in [1.82, 2.24) is 20.6 Å². The van der Waals surface area contributed by atoms with Crippen molar-refractivity contribution in [2.24, 2.45) is 11.8 Å². The molecule has 8 heteroatoms. The summed E-state index contributed by atoms with van der Waals surface area (Å²) in [6.07, 6.45) is 7.31. The van der Waals surface area contributed by atoms with E-state index < -0.39 is 18.1 Å². The van der Waals surface area contributed by atoms with Gasteiger partial charge >= 0.3 is 0 Å². The van der Waals surface area contributed by atoms with Crippen LogP contribution in [0.2, 0.25) is 0 Å². The molecule has 1 aliphatic rings. The summed E-state index contributed by atoms with van der Waals surface area (Å²) in [6, 6.07) is 6.84. The molecule has 0 spiro atoms. The molecule has 0 radical (unpaired) electrons. The number of nitrogens with one attached hydrogen (secondary N) is 2. The third kappa shape index (κ3) is 7.24. The molecular weight excluding hydrogens is 440 g/mol. The number of fused-ring (bicyclic) bond motifs is 1.